The van der Waals surface area contributed by atoms with Crippen LogP contribution in [0.25, 0.3) is 0 Å². The molecule has 0 aromatic heterocycles. The molecule has 4 heteroatoms. The number of aliphatic hydroxyl groups is 4. The van der Waals surface area contributed by atoms with Gasteiger partial charge in [-0.2, -0.15) is 0 Å². The van der Waals surface area contributed by atoms with Crippen molar-refractivity contribution in [1.29, 1.82) is 0 Å². The Bertz CT molecular complexity index is 558. The van der Waals surface area contributed by atoms with Crippen molar-refractivity contribution in [2.75, 3.05) is 19.8 Å². The molecule has 0 aliphatic rings. The molecule has 0 radical (unpaired) electrons. The normalized spacial score (nSPS) is 14.8. The number of hydrogen-bond donors (Lipinski definition) is 4. The van der Waals surface area contributed by atoms with Crippen LogP contribution in [0, 0.1) is 5.41 Å². The van der Waals surface area contributed by atoms with Gasteiger partial charge in [-0.15, -0.1) is 0 Å². The molecule has 0 saturated heterocycles. The molecule has 26 heavy (non-hydrogen) atoms. The number of rotatable bonds is 6. The van der Waals surface area contributed by atoms with Crippen LogP contribution in [-0.4, -0.2) is 40.2 Å². The highest BCUT2D eigenvalue weighted by Gasteiger charge is 2.42. The van der Waals surface area contributed by atoms with Gasteiger partial charge in [-0.25, -0.2) is 0 Å². The van der Waals surface area contributed by atoms with Gasteiger partial charge in [0.25, 0.3) is 0 Å². The number of benzene rings is 1. The van der Waals surface area contributed by atoms with E-state index in [9.17, 15) is 20.4 Å². The van der Waals surface area contributed by atoms with Gasteiger partial charge in [-0.05, 0) is 39.0 Å². The Balaban J connectivity index is 3.93. The molecule has 0 bridgehead atoms. The first-order valence-corrected chi connectivity index (χ1v) is 9.44. The summed E-state index contributed by atoms with van der Waals surface area (Å²) in [5, 5.41) is 40.8. The van der Waals surface area contributed by atoms with Gasteiger partial charge in [0.05, 0.1) is 31.3 Å². The van der Waals surface area contributed by atoms with E-state index in [1.807, 2.05) is 0 Å². The Hall–Kier alpha value is -0.940. The van der Waals surface area contributed by atoms with Crippen LogP contribution < -0.4 is 0 Å². The fraction of sp³-hybridized carbons (Fsp3) is 0.727. The van der Waals surface area contributed by atoms with Crippen molar-refractivity contribution in [3.8, 4) is 0 Å². The van der Waals surface area contributed by atoms with Gasteiger partial charge in [-0.1, -0.05) is 67.5 Å². The van der Waals surface area contributed by atoms with E-state index >= 15 is 0 Å². The Kier molecular flexibility index (Phi) is 7.08. The van der Waals surface area contributed by atoms with Gasteiger partial charge >= 0.3 is 0 Å². The molecule has 0 aliphatic heterocycles. The molecule has 0 fully saturated rings. The van der Waals surface area contributed by atoms with E-state index in [2.05, 4.69) is 67.5 Å². The number of aliphatic hydroxyl groups excluding tert-OH is 4. The third-order valence-electron chi connectivity index (χ3n) is 5.28. The van der Waals surface area contributed by atoms with Crippen LogP contribution in [0.15, 0.2) is 12.1 Å². The van der Waals surface area contributed by atoms with Gasteiger partial charge in [0, 0.05) is 0 Å². The maximum Gasteiger partial charge on any atom is 0.0918 e. The average molecular weight is 367 g/mol. The topological polar surface area (TPSA) is 80.9 Å². The summed E-state index contributed by atoms with van der Waals surface area (Å²) < 4.78 is 0. The lowest BCUT2D eigenvalue weighted by molar-refractivity contribution is -0.0862. The predicted octanol–water partition coefficient (Wildman–Crippen LogP) is 3.40. The van der Waals surface area contributed by atoms with Crippen LogP contribution in [0.3, 0.4) is 0 Å². The first kappa shape index (κ1) is 23.1. The Morgan fingerprint density at radius 2 is 1.12 bits per heavy atom. The molecule has 0 amide bonds. The molecule has 150 valence electrons. The van der Waals surface area contributed by atoms with Crippen LogP contribution in [0.5, 0.6) is 0 Å². The van der Waals surface area contributed by atoms with E-state index in [0.717, 1.165) is 11.1 Å². The van der Waals surface area contributed by atoms with Crippen LogP contribution in [0.1, 0.15) is 89.7 Å². The maximum atomic E-state index is 11.3. The largest absolute Gasteiger partial charge is 0.395 e. The zero-order chi connectivity index (χ0) is 20.5. The van der Waals surface area contributed by atoms with Gasteiger partial charge in [0.15, 0.2) is 0 Å². The highest BCUT2D eigenvalue weighted by Crippen LogP contribution is 2.44. The first-order chi connectivity index (χ1) is 11.7. The Morgan fingerprint density at radius 3 is 1.35 bits per heavy atom. The fourth-order valence-electron chi connectivity index (χ4n) is 3.26. The summed E-state index contributed by atoms with van der Waals surface area (Å²) in [5.41, 5.74) is 2.01. The van der Waals surface area contributed by atoms with E-state index in [-0.39, 0.29) is 10.8 Å². The minimum atomic E-state index is -1.39. The lowest BCUT2D eigenvalue weighted by atomic mass is 9.68. The summed E-state index contributed by atoms with van der Waals surface area (Å²) in [7, 11) is 0. The standard InChI is InChI=1S/C22H38O4/c1-14(2)15-9-16(20(3,4)5)18(17(10-15)21(6,7)8)19(26)22(11-23,12-24)13-25/h9-10,14,19,23-26H,11-13H2,1-8H3. The smallest absolute Gasteiger partial charge is 0.0918 e. The van der Waals surface area contributed by atoms with E-state index in [0.29, 0.717) is 11.5 Å². The lowest BCUT2D eigenvalue weighted by Gasteiger charge is -2.40. The number of hydrogen-bond acceptors (Lipinski definition) is 4. The Morgan fingerprint density at radius 1 is 0.769 bits per heavy atom. The minimum Gasteiger partial charge on any atom is -0.395 e. The third kappa shape index (κ3) is 4.48. The van der Waals surface area contributed by atoms with E-state index in [1.54, 1.807) is 0 Å². The quantitative estimate of drug-likeness (QED) is 0.622. The van der Waals surface area contributed by atoms with E-state index in [4.69, 9.17) is 0 Å². The SMILES string of the molecule is CC(C)c1cc(C(C)(C)C)c(C(O)C(CO)(CO)CO)c(C(C)(C)C)c1. The van der Waals surface area contributed by atoms with Crippen molar-refractivity contribution in [1.82, 2.24) is 0 Å². The van der Waals surface area contributed by atoms with Crippen molar-refractivity contribution in [2.45, 2.75) is 78.2 Å². The molecule has 4 N–H and O–H groups in total. The molecule has 1 aromatic rings. The van der Waals surface area contributed by atoms with Crippen molar-refractivity contribution < 1.29 is 20.4 Å². The van der Waals surface area contributed by atoms with E-state index < -0.39 is 31.3 Å². The molecule has 4 nitrogen and oxygen atoms in total. The second-order valence-electron chi connectivity index (χ2n) is 9.92. The molecule has 0 heterocycles. The van der Waals surface area contributed by atoms with Gasteiger partial charge in [0.1, 0.15) is 0 Å². The summed E-state index contributed by atoms with van der Waals surface area (Å²) in [6, 6.07) is 4.24. The van der Waals surface area contributed by atoms with Crippen molar-refractivity contribution in [3.05, 3.63) is 34.4 Å². The second kappa shape index (κ2) is 7.97. The van der Waals surface area contributed by atoms with Gasteiger partial charge in [-0.3, -0.25) is 0 Å². The van der Waals surface area contributed by atoms with Crippen LogP contribution in [-0.2, 0) is 10.8 Å². The summed E-state index contributed by atoms with van der Waals surface area (Å²) in [6.07, 6.45) is -1.17. The molecule has 1 aromatic carbocycles. The molecular weight excluding hydrogens is 328 g/mol. The third-order valence-corrected chi connectivity index (χ3v) is 5.28. The average Bonchev–Trinajstić information content (AvgIpc) is 2.53. The molecule has 0 aliphatic carbocycles. The summed E-state index contributed by atoms with van der Waals surface area (Å²) in [6.45, 7) is 15.3. The zero-order valence-electron chi connectivity index (χ0n) is 17.7. The van der Waals surface area contributed by atoms with Crippen LogP contribution in [0.4, 0.5) is 0 Å². The molecule has 1 rings (SSSR count). The molecular formula is C22H38O4. The van der Waals surface area contributed by atoms with E-state index in [1.165, 1.54) is 5.56 Å². The van der Waals surface area contributed by atoms with Crippen LogP contribution >= 0.6 is 0 Å². The molecule has 1 unspecified atom stereocenters. The monoisotopic (exact) mass is 366 g/mol. The van der Waals surface area contributed by atoms with Gasteiger partial charge in [0.2, 0.25) is 0 Å². The fourth-order valence-corrected chi connectivity index (χ4v) is 3.26. The summed E-state index contributed by atoms with van der Waals surface area (Å²) in [5.74, 6) is 0.335. The summed E-state index contributed by atoms with van der Waals surface area (Å²) in [4.78, 5) is 0. The van der Waals surface area contributed by atoms with Gasteiger partial charge < -0.3 is 20.4 Å². The van der Waals surface area contributed by atoms with Crippen molar-refractivity contribution in [3.63, 3.8) is 0 Å². The molecule has 0 saturated carbocycles. The van der Waals surface area contributed by atoms with Crippen molar-refractivity contribution >= 4 is 0 Å². The highest BCUT2D eigenvalue weighted by molar-refractivity contribution is 5.48. The minimum absolute atomic E-state index is 0.243. The lowest BCUT2D eigenvalue weighted by Crippen LogP contribution is -2.42. The first-order valence-electron chi connectivity index (χ1n) is 9.44. The Labute approximate surface area is 158 Å². The highest BCUT2D eigenvalue weighted by atomic mass is 16.3. The molecule has 1 atom stereocenters. The van der Waals surface area contributed by atoms with Crippen LogP contribution in [0.2, 0.25) is 0 Å². The zero-order valence-corrected chi connectivity index (χ0v) is 17.7. The summed E-state index contributed by atoms with van der Waals surface area (Å²) >= 11 is 0. The predicted molar refractivity (Wildman–Crippen MR) is 107 cm³/mol. The maximum absolute atomic E-state index is 11.3. The molecule has 0 spiro atoms. The second-order valence-corrected chi connectivity index (χ2v) is 9.92. The van der Waals surface area contributed by atoms with Crippen molar-refractivity contribution in [2.24, 2.45) is 5.41 Å².